The maximum Gasteiger partial charge on any atom is 0.242 e. The molecule has 2 aromatic rings. The van der Waals surface area contributed by atoms with Gasteiger partial charge in [0.05, 0.1) is 11.6 Å². The van der Waals surface area contributed by atoms with Crippen LogP contribution in [-0.4, -0.2) is 23.2 Å². The van der Waals surface area contributed by atoms with Crippen LogP contribution in [0.5, 0.6) is 0 Å². The van der Waals surface area contributed by atoms with E-state index in [0.717, 1.165) is 11.4 Å². The van der Waals surface area contributed by atoms with Crippen LogP contribution in [0.1, 0.15) is 37.0 Å². The molecule has 8 heteroatoms. The Kier molecular flexibility index (Phi) is 4.89. The molecule has 0 saturated carbocycles. The molecule has 1 N–H and O–H groups in total. The molecular weight excluding hydrogens is 324 g/mol. The van der Waals surface area contributed by atoms with Crippen molar-refractivity contribution in [2.24, 2.45) is 7.05 Å². The largest absolute Gasteiger partial charge is 0.317 e. The van der Waals surface area contributed by atoms with Crippen molar-refractivity contribution in [1.82, 2.24) is 19.5 Å². The summed E-state index contributed by atoms with van der Waals surface area (Å²) in [6, 6.07) is 4.88. The van der Waals surface area contributed by atoms with Crippen LogP contribution >= 0.6 is 11.6 Å². The SMILES string of the molecule is Cc1ccc(Cl)c(S(=O)(=O)NCc2nnc(C(C)C)n2C)c1. The third-order valence-corrected chi connectivity index (χ3v) is 5.19. The van der Waals surface area contributed by atoms with E-state index in [1.807, 2.05) is 27.8 Å². The second-order valence-electron chi connectivity index (χ2n) is 5.45. The first-order chi connectivity index (χ1) is 10.2. The maximum absolute atomic E-state index is 12.4. The van der Waals surface area contributed by atoms with Crippen LogP contribution in [0.4, 0.5) is 0 Å². The molecule has 0 bridgehead atoms. The molecule has 22 heavy (non-hydrogen) atoms. The summed E-state index contributed by atoms with van der Waals surface area (Å²) >= 11 is 5.99. The van der Waals surface area contributed by atoms with Crippen molar-refractivity contribution in [2.75, 3.05) is 0 Å². The standard InChI is InChI=1S/C14H19ClN4O2S/c1-9(2)14-18-17-13(19(14)4)8-16-22(20,21)12-7-10(3)5-6-11(12)15/h5-7,9,16H,8H2,1-4H3. The second-order valence-corrected chi connectivity index (χ2v) is 7.59. The quantitative estimate of drug-likeness (QED) is 0.905. The van der Waals surface area contributed by atoms with Gasteiger partial charge in [-0.1, -0.05) is 31.5 Å². The van der Waals surface area contributed by atoms with Gasteiger partial charge < -0.3 is 4.57 Å². The average Bonchev–Trinajstić information content (AvgIpc) is 2.80. The van der Waals surface area contributed by atoms with E-state index in [-0.39, 0.29) is 22.4 Å². The summed E-state index contributed by atoms with van der Waals surface area (Å²) in [5.74, 6) is 1.58. The number of sulfonamides is 1. The number of halogens is 1. The van der Waals surface area contributed by atoms with Gasteiger partial charge >= 0.3 is 0 Å². The number of nitrogens with one attached hydrogen (secondary N) is 1. The van der Waals surface area contributed by atoms with Crippen molar-refractivity contribution in [2.45, 2.75) is 38.1 Å². The number of aromatic nitrogens is 3. The molecule has 1 aromatic heterocycles. The summed E-state index contributed by atoms with van der Waals surface area (Å²) in [6.07, 6.45) is 0. The van der Waals surface area contributed by atoms with Crippen molar-refractivity contribution in [1.29, 1.82) is 0 Å². The number of benzene rings is 1. The van der Waals surface area contributed by atoms with Crippen molar-refractivity contribution in [3.8, 4) is 0 Å². The second kappa shape index (κ2) is 6.36. The Morgan fingerprint density at radius 2 is 2.00 bits per heavy atom. The van der Waals surface area contributed by atoms with Crippen LogP contribution < -0.4 is 4.72 Å². The molecule has 0 unspecified atom stereocenters. The molecule has 1 aromatic carbocycles. The smallest absolute Gasteiger partial charge is 0.242 e. The first kappa shape index (κ1) is 16.9. The Morgan fingerprint density at radius 3 is 2.59 bits per heavy atom. The lowest BCUT2D eigenvalue weighted by molar-refractivity contribution is 0.576. The number of hydrogen-bond acceptors (Lipinski definition) is 4. The minimum atomic E-state index is -3.70. The van der Waals surface area contributed by atoms with Gasteiger partial charge in [-0.25, -0.2) is 13.1 Å². The summed E-state index contributed by atoms with van der Waals surface area (Å²) in [5.41, 5.74) is 0.825. The summed E-state index contributed by atoms with van der Waals surface area (Å²) in [5, 5.41) is 8.29. The predicted octanol–water partition coefficient (Wildman–Crippen LogP) is 2.38. The molecule has 0 amide bonds. The van der Waals surface area contributed by atoms with Crippen molar-refractivity contribution >= 4 is 21.6 Å². The Labute approximate surface area is 135 Å². The van der Waals surface area contributed by atoms with Gasteiger partial charge in [-0.3, -0.25) is 0 Å². The third-order valence-electron chi connectivity index (χ3n) is 3.31. The lowest BCUT2D eigenvalue weighted by Crippen LogP contribution is -2.25. The Bertz CT molecular complexity index is 784. The molecule has 0 fully saturated rings. The van der Waals surface area contributed by atoms with Crippen molar-refractivity contribution in [3.05, 3.63) is 40.4 Å². The normalized spacial score (nSPS) is 12.1. The Balaban J connectivity index is 2.22. The zero-order valence-electron chi connectivity index (χ0n) is 13.0. The van der Waals surface area contributed by atoms with Crippen LogP contribution in [0.2, 0.25) is 5.02 Å². The van der Waals surface area contributed by atoms with E-state index in [1.54, 1.807) is 22.8 Å². The van der Waals surface area contributed by atoms with E-state index in [0.29, 0.717) is 5.82 Å². The molecule has 0 aliphatic rings. The number of hydrogen-bond donors (Lipinski definition) is 1. The molecule has 2 rings (SSSR count). The first-order valence-electron chi connectivity index (χ1n) is 6.86. The highest BCUT2D eigenvalue weighted by atomic mass is 35.5. The van der Waals surface area contributed by atoms with E-state index in [4.69, 9.17) is 11.6 Å². The zero-order valence-corrected chi connectivity index (χ0v) is 14.5. The monoisotopic (exact) mass is 342 g/mol. The highest BCUT2D eigenvalue weighted by Gasteiger charge is 2.20. The summed E-state index contributed by atoms with van der Waals surface area (Å²) in [7, 11) is -1.88. The highest BCUT2D eigenvalue weighted by Crippen LogP contribution is 2.22. The molecule has 0 atom stereocenters. The first-order valence-corrected chi connectivity index (χ1v) is 8.72. The van der Waals surface area contributed by atoms with Gasteiger partial charge in [0.2, 0.25) is 10.0 Å². The molecule has 1 heterocycles. The van der Waals surface area contributed by atoms with E-state index in [1.165, 1.54) is 0 Å². The number of rotatable bonds is 5. The summed E-state index contributed by atoms with van der Waals surface area (Å²) in [6.45, 7) is 5.88. The van der Waals surface area contributed by atoms with Crippen molar-refractivity contribution in [3.63, 3.8) is 0 Å². The highest BCUT2D eigenvalue weighted by molar-refractivity contribution is 7.89. The summed E-state index contributed by atoms with van der Waals surface area (Å²) < 4.78 is 29.1. The van der Waals surface area contributed by atoms with Gasteiger partial charge in [0.25, 0.3) is 0 Å². The average molecular weight is 343 g/mol. The third kappa shape index (κ3) is 3.48. The maximum atomic E-state index is 12.4. The van der Waals surface area contributed by atoms with Gasteiger partial charge in [0.15, 0.2) is 0 Å². The van der Waals surface area contributed by atoms with Crippen LogP contribution in [0.3, 0.4) is 0 Å². The van der Waals surface area contributed by atoms with E-state index in [9.17, 15) is 8.42 Å². The molecule has 0 saturated heterocycles. The number of aryl methyl sites for hydroxylation is 1. The predicted molar refractivity (Wildman–Crippen MR) is 85.3 cm³/mol. The molecule has 0 aliphatic heterocycles. The van der Waals surface area contributed by atoms with E-state index >= 15 is 0 Å². The van der Waals surface area contributed by atoms with Crippen LogP contribution in [-0.2, 0) is 23.6 Å². The van der Waals surface area contributed by atoms with Crippen LogP contribution in [0.15, 0.2) is 23.1 Å². The Hall–Kier alpha value is -1.44. The van der Waals surface area contributed by atoms with Crippen molar-refractivity contribution < 1.29 is 8.42 Å². The fraction of sp³-hybridized carbons (Fsp3) is 0.429. The van der Waals surface area contributed by atoms with Crippen LogP contribution in [0.25, 0.3) is 0 Å². The molecular formula is C14H19ClN4O2S. The van der Waals surface area contributed by atoms with E-state index in [2.05, 4.69) is 14.9 Å². The zero-order chi connectivity index (χ0) is 16.5. The van der Waals surface area contributed by atoms with Gasteiger partial charge in [-0.05, 0) is 24.6 Å². The van der Waals surface area contributed by atoms with Gasteiger partial charge in [0.1, 0.15) is 16.5 Å². The van der Waals surface area contributed by atoms with Gasteiger partial charge in [0, 0.05) is 13.0 Å². The molecule has 120 valence electrons. The molecule has 0 spiro atoms. The lowest BCUT2D eigenvalue weighted by Gasteiger charge is -2.10. The lowest BCUT2D eigenvalue weighted by atomic mass is 10.2. The van der Waals surface area contributed by atoms with Gasteiger partial charge in [-0.2, -0.15) is 0 Å². The molecule has 0 radical (unpaired) electrons. The molecule has 6 nitrogen and oxygen atoms in total. The van der Waals surface area contributed by atoms with Gasteiger partial charge in [-0.15, -0.1) is 10.2 Å². The Morgan fingerprint density at radius 1 is 1.32 bits per heavy atom. The topological polar surface area (TPSA) is 76.9 Å². The molecule has 0 aliphatic carbocycles. The van der Waals surface area contributed by atoms with E-state index < -0.39 is 10.0 Å². The minimum absolute atomic E-state index is 0.0584. The summed E-state index contributed by atoms with van der Waals surface area (Å²) in [4.78, 5) is 0.0698. The fourth-order valence-electron chi connectivity index (χ4n) is 2.09. The fourth-order valence-corrected chi connectivity index (χ4v) is 3.65. The van der Waals surface area contributed by atoms with Crippen LogP contribution in [0, 0.1) is 6.92 Å². The minimum Gasteiger partial charge on any atom is -0.317 e. The number of nitrogens with zero attached hydrogens (tertiary/aromatic N) is 3.